The fourth-order valence-corrected chi connectivity index (χ4v) is 3.97. The summed E-state index contributed by atoms with van der Waals surface area (Å²) in [6, 6.07) is -2.13. The number of aliphatic carboxylic acids is 1. The smallest absolute Gasteiger partial charge is 0.327 e. The number of primary amides is 1. The Kier molecular flexibility index (Phi) is 16.5. The number of allylic oxidation sites excluding steroid dienone is 5. The first-order valence-corrected chi connectivity index (χ1v) is 12.7. The van der Waals surface area contributed by atoms with Crippen LogP contribution in [0.5, 0.6) is 0 Å². The van der Waals surface area contributed by atoms with E-state index in [0.717, 1.165) is 25.7 Å². The van der Waals surface area contributed by atoms with Gasteiger partial charge in [0, 0.05) is 24.9 Å². The van der Waals surface area contributed by atoms with Gasteiger partial charge in [0.2, 0.25) is 17.7 Å². The van der Waals surface area contributed by atoms with Gasteiger partial charge in [-0.05, 0) is 59.8 Å². The van der Waals surface area contributed by atoms with Crippen LogP contribution in [-0.4, -0.2) is 52.4 Å². The summed E-state index contributed by atoms with van der Waals surface area (Å²) in [5.74, 6) is -2.06. The monoisotopic (exact) mass is 495 g/mol. The lowest BCUT2D eigenvalue weighted by atomic mass is 10.1. The average molecular weight is 496 g/mol. The molecule has 0 aliphatic heterocycles. The maximum Gasteiger partial charge on any atom is 0.327 e. The molecular weight excluding hydrogens is 454 g/mol. The SMILES string of the molecule is CC(=O)N[C@@H](CCC(N)=O)C(=O)N[C@@H](CSCC=C(C)CCC=C(C)CCC=C(C)C)C(=O)O. The van der Waals surface area contributed by atoms with E-state index in [1.807, 2.05) is 0 Å². The van der Waals surface area contributed by atoms with Gasteiger partial charge in [-0.15, -0.1) is 0 Å². The zero-order chi connectivity index (χ0) is 26.1. The van der Waals surface area contributed by atoms with E-state index >= 15 is 0 Å². The van der Waals surface area contributed by atoms with Crippen LogP contribution < -0.4 is 16.4 Å². The normalized spacial score (nSPS) is 13.6. The summed E-state index contributed by atoms with van der Waals surface area (Å²) in [5, 5.41) is 14.3. The summed E-state index contributed by atoms with van der Waals surface area (Å²) in [6.07, 6.45) is 10.5. The first-order chi connectivity index (χ1) is 15.9. The molecule has 0 unspecified atom stereocenters. The van der Waals surface area contributed by atoms with E-state index in [1.165, 1.54) is 35.4 Å². The van der Waals surface area contributed by atoms with Crippen LogP contribution in [0.3, 0.4) is 0 Å². The zero-order valence-corrected chi connectivity index (χ0v) is 21.9. The van der Waals surface area contributed by atoms with Crippen molar-refractivity contribution in [2.24, 2.45) is 5.73 Å². The molecular formula is C25H41N3O5S. The fourth-order valence-electron chi connectivity index (χ4n) is 2.97. The average Bonchev–Trinajstić information content (AvgIpc) is 2.72. The number of carboxylic acids is 1. The van der Waals surface area contributed by atoms with E-state index in [4.69, 9.17) is 5.73 Å². The largest absolute Gasteiger partial charge is 0.480 e. The third-order valence-corrected chi connectivity index (χ3v) is 5.92. The zero-order valence-electron chi connectivity index (χ0n) is 21.1. The Morgan fingerprint density at radius 1 is 0.853 bits per heavy atom. The molecule has 0 saturated carbocycles. The molecule has 0 saturated heterocycles. The van der Waals surface area contributed by atoms with Gasteiger partial charge in [0.25, 0.3) is 0 Å². The number of amides is 3. The highest BCUT2D eigenvalue weighted by molar-refractivity contribution is 7.99. The fraction of sp³-hybridized carbons (Fsp3) is 0.600. The lowest BCUT2D eigenvalue weighted by molar-refractivity contribution is -0.141. The Labute approximate surface area is 207 Å². The molecule has 0 aromatic carbocycles. The van der Waals surface area contributed by atoms with Crippen molar-refractivity contribution in [1.82, 2.24) is 10.6 Å². The standard InChI is InChI=1S/C25H41N3O5S/c1-17(2)8-6-9-18(3)10-7-11-19(4)14-15-34-16-22(25(32)33)28-24(31)21(27-20(5)29)12-13-23(26)30/h8,10,14,21-22H,6-7,9,11-13,15-16H2,1-5H3,(H2,26,30)(H,27,29)(H,28,31)(H,32,33)/t21-,22-/m0/s1. The van der Waals surface area contributed by atoms with Crippen molar-refractivity contribution in [3.8, 4) is 0 Å². The van der Waals surface area contributed by atoms with Crippen molar-refractivity contribution in [3.05, 3.63) is 34.9 Å². The maximum absolute atomic E-state index is 12.4. The Bertz CT molecular complexity index is 785. The van der Waals surface area contributed by atoms with Gasteiger partial charge in [-0.3, -0.25) is 14.4 Å². The van der Waals surface area contributed by atoms with E-state index in [2.05, 4.69) is 56.6 Å². The summed E-state index contributed by atoms with van der Waals surface area (Å²) < 4.78 is 0. The molecule has 0 rings (SSSR count). The number of hydrogen-bond acceptors (Lipinski definition) is 5. The van der Waals surface area contributed by atoms with Gasteiger partial charge < -0.3 is 21.5 Å². The molecule has 0 bridgehead atoms. The van der Waals surface area contributed by atoms with Gasteiger partial charge in [-0.25, -0.2) is 4.79 Å². The summed E-state index contributed by atoms with van der Waals surface area (Å²) >= 11 is 1.40. The van der Waals surface area contributed by atoms with Crippen molar-refractivity contribution >= 4 is 35.5 Å². The molecule has 0 radical (unpaired) electrons. The number of rotatable bonds is 17. The second-order valence-electron chi connectivity index (χ2n) is 8.65. The van der Waals surface area contributed by atoms with E-state index in [-0.39, 0.29) is 18.6 Å². The third-order valence-electron chi connectivity index (χ3n) is 4.94. The van der Waals surface area contributed by atoms with Crippen LogP contribution in [0.1, 0.15) is 73.1 Å². The molecule has 0 aliphatic rings. The summed E-state index contributed by atoms with van der Waals surface area (Å²) in [7, 11) is 0. The van der Waals surface area contributed by atoms with Gasteiger partial charge in [0.15, 0.2) is 0 Å². The van der Waals surface area contributed by atoms with E-state index in [1.54, 1.807) is 0 Å². The van der Waals surface area contributed by atoms with E-state index in [0.29, 0.717) is 5.75 Å². The summed E-state index contributed by atoms with van der Waals surface area (Å²) in [4.78, 5) is 46.4. The van der Waals surface area contributed by atoms with Gasteiger partial charge in [0.1, 0.15) is 12.1 Å². The second kappa shape index (κ2) is 17.9. The van der Waals surface area contributed by atoms with Crippen molar-refractivity contribution in [3.63, 3.8) is 0 Å². The van der Waals surface area contributed by atoms with Crippen molar-refractivity contribution in [2.75, 3.05) is 11.5 Å². The minimum Gasteiger partial charge on any atom is -0.480 e. The second-order valence-corrected chi connectivity index (χ2v) is 9.73. The van der Waals surface area contributed by atoms with Crippen LogP contribution in [-0.2, 0) is 19.2 Å². The summed E-state index contributed by atoms with van der Waals surface area (Å²) in [5.41, 5.74) is 9.06. The predicted molar refractivity (Wildman–Crippen MR) is 138 cm³/mol. The highest BCUT2D eigenvalue weighted by Crippen LogP contribution is 2.13. The molecule has 2 atom stereocenters. The molecule has 8 nitrogen and oxygen atoms in total. The first kappa shape index (κ1) is 31.4. The third kappa shape index (κ3) is 17.0. The predicted octanol–water partition coefficient (Wildman–Crippen LogP) is 3.48. The number of nitrogens with two attached hydrogens (primary N) is 1. The quantitative estimate of drug-likeness (QED) is 0.180. The number of thioether (sulfide) groups is 1. The lowest BCUT2D eigenvalue weighted by Gasteiger charge is -2.20. The number of hydrogen-bond donors (Lipinski definition) is 4. The highest BCUT2D eigenvalue weighted by Gasteiger charge is 2.26. The topological polar surface area (TPSA) is 139 Å². The van der Waals surface area contributed by atoms with E-state index < -0.39 is 35.8 Å². The Morgan fingerprint density at radius 3 is 1.97 bits per heavy atom. The maximum atomic E-state index is 12.4. The molecule has 0 aliphatic carbocycles. The highest BCUT2D eigenvalue weighted by atomic mass is 32.2. The van der Waals surface area contributed by atoms with Gasteiger partial charge >= 0.3 is 5.97 Å². The van der Waals surface area contributed by atoms with Gasteiger partial charge in [-0.2, -0.15) is 11.8 Å². The van der Waals surface area contributed by atoms with Gasteiger partial charge in [-0.1, -0.05) is 34.9 Å². The van der Waals surface area contributed by atoms with Gasteiger partial charge in [0.05, 0.1) is 0 Å². The van der Waals surface area contributed by atoms with Crippen LogP contribution in [0, 0.1) is 0 Å². The number of carbonyl (C=O) groups excluding carboxylic acids is 3. The molecule has 34 heavy (non-hydrogen) atoms. The molecule has 0 fully saturated rings. The molecule has 0 aromatic rings. The van der Waals surface area contributed by atoms with Crippen LogP contribution in [0.25, 0.3) is 0 Å². The Balaban J connectivity index is 4.59. The van der Waals surface area contributed by atoms with Crippen molar-refractivity contribution in [1.29, 1.82) is 0 Å². The number of carboxylic acid groups (broad SMARTS) is 1. The number of carbonyl (C=O) groups is 4. The van der Waals surface area contributed by atoms with Crippen molar-refractivity contribution < 1.29 is 24.3 Å². The molecule has 3 amide bonds. The lowest BCUT2D eigenvalue weighted by Crippen LogP contribution is -2.52. The van der Waals surface area contributed by atoms with Crippen LogP contribution in [0.2, 0.25) is 0 Å². The molecule has 9 heteroatoms. The van der Waals surface area contributed by atoms with Crippen LogP contribution in [0.4, 0.5) is 0 Å². The minimum atomic E-state index is -1.16. The number of nitrogens with one attached hydrogen (secondary N) is 2. The van der Waals surface area contributed by atoms with E-state index in [9.17, 15) is 24.3 Å². The minimum absolute atomic E-state index is 0.00499. The Morgan fingerprint density at radius 2 is 1.44 bits per heavy atom. The van der Waals surface area contributed by atoms with Crippen molar-refractivity contribution in [2.45, 2.75) is 85.2 Å². The molecule has 0 aromatic heterocycles. The summed E-state index contributed by atoms with van der Waals surface area (Å²) in [6.45, 7) is 9.66. The Hall–Kier alpha value is -2.55. The first-order valence-electron chi connectivity index (χ1n) is 11.5. The van der Waals surface area contributed by atoms with Crippen LogP contribution in [0.15, 0.2) is 34.9 Å². The molecule has 5 N–H and O–H groups in total. The van der Waals surface area contributed by atoms with Crippen LogP contribution >= 0.6 is 11.8 Å². The molecule has 0 spiro atoms. The molecule has 0 heterocycles. The molecule has 192 valence electrons.